The van der Waals surface area contributed by atoms with Crippen molar-refractivity contribution in [1.29, 1.82) is 0 Å². The first-order chi connectivity index (χ1) is 11.0. The number of hydrogen-bond acceptors (Lipinski definition) is 2. The van der Waals surface area contributed by atoms with Crippen LogP contribution in [-0.4, -0.2) is 19.0 Å². The fourth-order valence-corrected chi connectivity index (χ4v) is 2.38. The van der Waals surface area contributed by atoms with E-state index in [4.69, 9.17) is 11.6 Å². The van der Waals surface area contributed by atoms with Gasteiger partial charge in [0.2, 0.25) is 5.91 Å². The summed E-state index contributed by atoms with van der Waals surface area (Å²) in [4.78, 5) is 11.8. The molecule has 0 bridgehead atoms. The summed E-state index contributed by atoms with van der Waals surface area (Å²) in [5.41, 5.74) is 4.75. The zero-order valence-electron chi connectivity index (χ0n) is 13.7. The van der Waals surface area contributed by atoms with Gasteiger partial charge in [0, 0.05) is 30.2 Å². The first kappa shape index (κ1) is 17.4. The van der Waals surface area contributed by atoms with E-state index in [1.54, 1.807) is 0 Å². The molecule has 4 heteroatoms. The van der Waals surface area contributed by atoms with Crippen LogP contribution in [0, 0.1) is 13.8 Å². The maximum absolute atomic E-state index is 11.8. The van der Waals surface area contributed by atoms with Gasteiger partial charge in [-0.15, -0.1) is 0 Å². The second-order valence-electron chi connectivity index (χ2n) is 5.70. The molecule has 2 rings (SSSR count). The van der Waals surface area contributed by atoms with Crippen molar-refractivity contribution < 1.29 is 4.79 Å². The van der Waals surface area contributed by atoms with Gasteiger partial charge in [-0.25, -0.2) is 0 Å². The van der Waals surface area contributed by atoms with E-state index in [9.17, 15) is 4.79 Å². The summed E-state index contributed by atoms with van der Waals surface area (Å²) < 4.78 is 0. The lowest BCUT2D eigenvalue weighted by molar-refractivity contribution is -0.120. The van der Waals surface area contributed by atoms with Gasteiger partial charge in [-0.05, 0) is 61.2 Å². The molecule has 23 heavy (non-hydrogen) atoms. The van der Waals surface area contributed by atoms with Crippen molar-refractivity contribution in [2.75, 3.05) is 18.4 Å². The molecular weight excluding hydrogens is 308 g/mol. The molecule has 0 saturated heterocycles. The quantitative estimate of drug-likeness (QED) is 0.802. The van der Waals surface area contributed by atoms with Crippen molar-refractivity contribution in [3.63, 3.8) is 0 Å². The minimum absolute atomic E-state index is 0.0651. The van der Waals surface area contributed by atoms with Crippen molar-refractivity contribution in [1.82, 2.24) is 5.32 Å². The SMILES string of the molecule is Cc1ccc(NCCC(=O)NCCc2ccc(Cl)cc2)cc1C. The Bertz CT molecular complexity index is 653. The van der Waals surface area contributed by atoms with Gasteiger partial charge >= 0.3 is 0 Å². The molecule has 0 radical (unpaired) electrons. The lowest BCUT2D eigenvalue weighted by atomic mass is 10.1. The van der Waals surface area contributed by atoms with Crippen LogP contribution in [0.5, 0.6) is 0 Å². The second-order valence-corrected chi connectivity index (χ2v) is 6.14. The smallest absolute Gasteiger partial charge is 0.221 e. The number of amides is 1. The molecule has 0 spiro atoms. The maximum Gasteiger partial charge on any atom is 0.221 e. The predicted octanol–water partition coefficient (Wildman–Crippen LogP) is 4.12. The molecule has 0 atom stereocenters. The summed E-state index contributed by atoms with van der Waals surface area (Å²) in [6.07, 6.45) is 1.28. The maximum atomic E-state index is 11.8. The first-order valence-electron chi connectivity index (χ1n) is 7.87. The molecule has 0 heterocycles. The first-order valence-corrected chi connectivity index (χ1v) is 8.24. The van der Waals surface area contributed by atoms with Gasteiger partial charge in [-0.2, -0.15) is 0 Å². The highest BCUT2D eigenvalue weighted by Crippen LogP contribution is 2.14. The Hall–Kier alpha value is -2.00. The minimum Gasteiger partial charge on any atom is -0.385 e. The molecule has 0 aliphatic rings. The molecule has 2 N–H and O–H groups in total. The molecule has 0 aliphatic carbocycles. The normalized spacial score (nSPS) is 10.4. The number of aryl methyl sites for hydroxylation is 2. The zero-order valence-corrected chi connectivity index (χ0v) is 14.4. The van der Waals surface area contributed by atoms with E-state index in [0.717, 1.165) is 17.1 Å². The molecule has 0 aliphatic heterocycles. The lowest BCUT2D eigenvalue weighted by Crippen LogP contribution is -2.27. The lowest BCUT2D eigenvalue weighted by Gasteiger charge is -2.09. The van der Waals surface area contributed by atoms with Crippen LogP contribution in [0.2, 0.25) is 5.02 Å². The Balaban J connectivity index is 1.65. The Labute approximate surface area is 143 Å². The summed E-state index contributed by atoms with van der Waals surface area (Å²) in [6, 6.07) is 13.9. The second kappa shape index (κ2) is 8.59. The van der Waals surface area contributed by atoms with E-state index in [1.165, 1.54) is 16.7 Å². The van der Waals surface area contributed by atoms with Gasteiger partial charge in [0.25, 0.3) is 0 Å². The Morgan fingerprint density at radius 3 is 2.43 bits per heavy atom. The molecular formula is C19H23ClN2O. The fourth-order valence-electron chi connectivity index (χ4n) is 2.26. The Kier molecular flexibility index (Phi) is 6.48. The zero-order chi connectivity index (χ0) is 16.7. The van der Waals surface area contributed by atoms with Gasteiger partial charge in [0.1, 0.15) is 0 Å². The third-order valence-electron chi connectivity index (χ3n) is 3.84. The summed E-state index contributed by atoms with van der Waals surface area (Å²) in [6.45, 7) is 5.45. The minimum atomic E-state index is 0.0651. The van der Waals surface area contributed by atoms with Gasteiger partial charge in [-0.1, -0.05) is 29.8 Å². The highest BCUT2D eigenvalue weighted by Gasteiger charge is 2.02. The predicted molar refractivity (Wildman–Crippen MR) is 97.2 cm³/mol. The van der Waals surface area contributed by atoms with Gasteiger partial charge < -0.3 is 10.6 Å². The third kappa shape index (κ3) is 5.95. The molecule has 1 amide bonds. The van der Waals surface area contributed by atoms with E-state index in [2.05, 4.69) is 36.6 Å². The van der Waals surface area contributed by atoms with Crippen LogP contribution in [0.4, 0.5) is 5.69 Å². The van der Waals surface area contributed by atoms with E-state index in [1.807, 2.05) is 30.3 Å². The highest BCUT2D eigenvalue weighted by molar-refractivity contribution is 6.30. The van der Waals surface area contributed by atoms with Crippen LogP contribution in [0.25, 0.3) is 0 Å². The molecule has 0 saturated carbocycles. The molecule has 2 aromatic carbocycles. The van der Waals surface area contributed by atoms with Crippen LogP contribution in [0.3, 0.4) is 0 Å². The number of anilines is 1. The summed E-state index contributed by atoms with van der Waals surface area (Å²) in [7, 11) is 0. The van der Waals surface area contributed by atoms with Gasteiger partial charge in [0.15, 0.2) is 0 Å². The van der Waals surface area contributed by atoms with Crippen molar-refractivity contribution in [2.45, 2.75) is 26.7 Å². The van der Waals surface area contributed by atoms with E-state index < -0.39 is 0 Å². The average molecular weight is 331 g/mol. The van der Waals surface area contributed by atoms with Crippen LogP contribution in [0.1, 0.15) is 23.1 Å². The van der Waals surface area contributed by atoms with Gasteiger partial charge in [0.05, 0.1) is 0 Å². The molecule has 0 unspecified atom stereocenters. The largest absolute Gasteiger partial charge is 0.385 e. The Morgan fingerprint density at radius 1 is 1.00 bits per heavy atom. The number of halogens is 1. The molecule has 2 aromatic rings. The van der Waals surface area contributed by atoms with Crippen molar-refractivity contribution in [3.05, 3.63) is 64.2 Å². The summed E-state index contributed by atoms with van der Waals surface area (Å²) in [5, 5.41) is 6.95. The number of nitrogens with one attached hydrogen (secondary N) is 2. The third-order valence-corrected chi connectivity index (χ3v) is 4.09. The van der Waals surface area contributed by atoms with Crippen molar-refractivity contribution in [2.24, 2.45) is 0 Å². The van der Waals surface area contributed by atoms with Crippen molar-refractivity contribution in [3.8, 4) is 0 Å². The fraction of sp³-hybridized carbons (Fsp3) is 0.316. The standard InChI is InChI=1S/C19H23ClN2O/c1-14-3-8-18(13-15(14)2)21-12-10-19(23)22-11-9-16-4-6-17(20)7-5-16/h3-8,13,21H,9-12H2,1-2H3,(H,22,23). The Morgan fingerprint density at radius 2 is 1.74 bits per heavy atom. The average Bonchev–Trinajstić information content (AvgIpc) is 2.53. The van der Waals surface area contributed by atoms with Crippen LogP contribution >= 0.6 is 11.6 Å². The van der Waals surface area contributed by atoms with Crippen LogP contribution in [-0.2, 0) is 11.2 Å². The van der Waals surface area contributed by atoms with Gasteiger partial charge in [-0.3, -0.25) is 4.79 Å². The topological polar surface area (TPSA) is 41.1 Å². The summed E-state index contributed by atoms with van der Waals surface area (Å²) >= 11 is 5.85. The van der Waals surface area contributed by atoms with E-state index >= 15 is 0 Å². The van der Waals surface area contributed by atoms with Crippen LogP contribution < -0.4 is 10.6 Å². The number of hydrogen-bond donors (Lipinski definition) is 2. The molecule has 122 valence electrons. The monoisotopic (exact) mass is 330 g/mol. The number of carbonyl (C=O) groups excluding carboxylic acids is 1. The van der Waals surface area contributed by atoms with Crippen LogP contribution in [0.15, 0.2) is 42.5 Å². The highest BCUT2D eigenvalue weighted by atomic mass is 35.5. The van der Waals surface area contributed by atoms with E-state index in [-0.39, 0.29) is 5.91 Å². The molecule has 0 fully saturated rings. The van der Waals surface area contributed by atoms with E-state index in [0.29, 0.717) is 19.5 Å². The number of benzene rings is 2. The summed E-state index contributed by atoms with van der Waals surface area (Å²) in [5.74, 6) is 0.0651. The molecule has 0 aromatic heterocycles. The molecule has 3 nitrogen and oxygen atoms in total. The number of rotatable bonds is 7. The van der Waals surface area contributed by atoms with Crippen molar-refractivity contribution >= 4 is 23.2 Å². The number of carbonyl (C=O) groups is 1.